The second-order valence-corrected chi connectivity index (χ2v) is 9.24. The van der Waals surface area contributed by atoms with Crippen LogP contribution in [0, 0.1) is 0 Å². The minimum absolute atomic E-state index is 0.170. The highest BCUT2D eigenvalue weighted by Crippen LogP contribution is 2.29. The zero-order chi connectivity index (χ0) is 26.9. The van der Waals surface area contributed by atoms with Crippen LogP contribution in [0.5, 0.6) is 0 Å². The summed E-state index contributed by atoms with van der Waals surface area (Å²) in [5, 5.41) is 8.59. The molecule has 0 aliphatic rings. The summed E-state index contributed by atoms with van der Waals surface area (Å²) in [6, 6.07) is 10.5. The van der Waals surface area contributed by atoms with E-state index in [0.29, 0.717) is 23.8 Å². The number of hydrogen-bond acceptors (Lipinski definition) is 3. The topological polar surface area (TPSA) is 76.7 Å². The molecule has 0 fully saturated rings. The van der Waals surface area contributed by atoms with Gasteiger partial charge in [0.2, 0.25) is 0 Å². The van der Waals surface area contributed by atoms with Gasteiger partial charge in [-0.2, -0.15) is 13.2 Å². The van der Waals surface area contributed by atoms with Gasteiger partial charge in [-0.05, 0) is 76.2 Å². The molecule has 7 nitrogen and oxygen atoms in total. The Morgan fingerprint density at radius 1 is 0.833 bits per heavy atom. The lowest BCUT2D eigenvalue weighted by Crippen LogP contribution is -2.47. The zero-order valence-corrected chi connectivity index (χ0v) is 21.6. The van der Waals surface area contributed by atoms with E-state index in [1.165, 1.54) is 17.0 Å². The average Bonchev–Trinajstić information content (AvgIpc) is 2.78. The molecule has 36 heavy (non-hydrogen) atoms. The number of benzene rings is 2. The molecule has 11 heteroatoms. The first-order valence-corrected chi connectivity index (χ1v) is 12.0. The molecule has 0 aliphatic heterocycles. The van der Waals surface area contributed by atoms with Crippen LogP contribution in [0.2, 0.25) is 5.02 Å². The lowest BCUT2D eigenvalue weighted by atomic mass is 10.2. The number of amides is 4. The Hall–Kier alpha value is -2.98. The SMILES string of the molecule is CC(C)N(CCN(CCNC(=O)Nc1ccc(Cl)cc1)C(=O)Nc1ccc(C(F)(F)F)cc1)C(C)C. The lowest BCUT2D eigenvalue weighted by molar-refractivity contribution is -0.137. The van der Waals surface area contributed by atoms with Crippen molar-refractivity contribution < 1.29 is 22.8 Å². The van der Waals surface area contributed by atoms with Crippen LogP contribution >= 0.6 is 11.6 Å². The molecule has 0 aromatic heterocycles. The maximum absolute atomic E-state index is 13.0. The molecule has 0 saturated carbocycles. The Balaban J connectivity index is 2.01. The Morgan fingerprint density at radius 3 is 1.89 bits per heavy atom. The number of carbonyl (C=O) groups excluding carboxylic acids is 2. The standard InChI is InChI=1S/C25H33ClF3N5O2/c1-17(2)34(18(3)4)16-15-33(14-13-30-23(35)31-21-11-7-20(26)8-12-21)24(36)32-22-9-5-19(6-10-22)25(27,28)29/h5-12,17-18H,13-16H2,1-4H3,(H,32,36)(H2,30,31,35). The van der Waals surface area contributed by atoms with Crippen molar-refractivity contribution in [2.24, 2.45) is 0 Å². The molecule has 198 valence electrons. The van der Waals surface area contributed by atoms with Crippen molar-refractivity contribution in [3.8, 4) is 0 Å². The number of nitrogens with one attached hydrogen (secondary N) is 3. The fourth-order valence-corrected chi connectivity index (χ4v) is 3.75. The van der Waals surface area contributed by atoms with Crippen LogP contribution in [0.25, 0.3) is 0 Å². The minimum atomic E-state index is -4.45. The molecule has 2 rings (SSSR count). The van der Waals surface area contributed by atoms with Crippen molar-refractivity contribution in [3.05, 3.63) is 59.1 Å². The summed E-state index contributed by atoms with van der Waals surface area (Å²) >= 11 is 5.85. The smallest absolute Gasteiger partial charge is 0.336 e. The summed E-state index contributed by atoms with van der Waals surface area (Å²) in [5.41, 5.74) is 0.0205. The molecule has 3 N–H and O–H groups in total. The third kappa shape index (κ3) is 9.58. The summed E-state index contributed by atoms with van der Waals surface area (Å²) in [5.74, 6) is 0. The molecule has 0 saturated heterocycles. The van der Waals surface area contributed by atoms with E-state index in [1.807, 2.05) is 0 Å². The van der Waals surface area contributed by atoms with Crippen molar-refractivity contribution in [2.75, 3.05) is 36.8 Å². The summed E-state index contributed by atoms with van der Waals surface area (Å²) in [6.45, 7) is 9.58. The van der Waals surface area contributed by atoms with E-state index in [0.717, 1.165) is 12.1 Å². The van der Waals surface area contributed by atoms with E-state index in [1.54, 1.807) is 24.3 Å². The van der Waals surface area contributed by atoms with Crippen LogP contribution in [0.3, 0.4) is 0 Å². The summed E-state index contributed by atoms with van der Waals surface area (Å²) < 4.78 is 38.5. The van der Waals surface area contributed by atoms with Gasteiger partial charge >= 0.3 is 18.2 Å². The molecule has 0 atom stereocenters. The largest absolute Gasteiger partial charge is 0.416 e. The predicted octanol–water partition coefficient (Wildman–Crippen LogP) is 6.13. The molecular formula is C25H33ClF3N5O2. The van der Waals surface area contributed by atoms with Crippen molar-refractivity contribution in [1.29, 1.82) is 0 Å². The van der Waals surface area contributed by atoms with Gasteiger partial charge in [0, 0.05) is 54.7 Å². The molecule has 0 radical (unpaired) electrons. The van der Waals surface area contributed by atoms with E-state index in [4.69, 9.17) is 11.6 Å². The molecule has 0 unspecified atom stereocenters. The fourth-order valence-electron chi connectivity index (χ4n) is 3.62. The number of rotatable bonds is 10. The van der Waals surface area contributed by atoms with E-state index in [9.17, 15) is 22.8 Å². The van der Waals surface area contributed by atoms with Gasteiger partial charge in [0.1, 0.15) is 0 Å². The highest BCUT2D eigenvalue weighted by molar-refractivity contribution is 6.30. The average molecular weight is 528 g/mol. The molecule has 0 heterocycles. The predicted molar refractivity (Wildman–Crippen MR) is 137 cm³/mol. The third-order valence-corrected chi connectivity index (χ3v) is 5.73. The highest BCUT2D eigenvalue weighted by Gasteiger charge is 2.30. The molecule has 4 amide bonds. The number of nitrogens with zero attached hydrogens (tertiary/aromatic N) is 2. The first kappa shape index (κ1) is 29.3. The van der Waals surface area contributed by atoms with E-state index in [-0.39, 0.29) is 30.9 Å². The Bertz CT molecular complexity index is 975. The van der Waals surface area contributed by atoms with Gasteiger partial charge in [0.15, 0.2) is 0 Å². The second kappa shape index (κ2) is 13.4. The monoisotopic (exact) mass is 527 g/mol. The molecular weight excluding hydrogens is 495 g/mol. The zero-order valence-electron chi connectivity index (χ0n) is 20.8. The van der Waals surface area contributed by atoms with Gasteiger partial charge < -0.3 is 20.9 Å². The van der Waals surface area contributed by atoms with Crippen LogP contribution in [0.15, 0.2) is 48.5 Å². The number of alkyl halides is 3. The molecule has 0 aliphatic carbocycles. The van der Waals surface area contributed by atoms with E-state index >= 15 is 0 Å². The number of carbonyl (C=O) groups is 2. The molecule has 2 aromatic rings. The van der Waals surface area contributed by atoms with Gasteiger partial charge in [0.25, 0.3) is 0 Å². The normalized spacial score (nSPS) is 11.6. The van der Waals surface area contributed by atoms with Crippen molar-refractivity contribution in [2.45, 2.75) is 46.0 Å². The Labute approximate surface area is 215 Å². The van der Waals surface area contributed by atoms with Crippen LogP contribution < -0.4 is 16.0 Å². The number of urea groups is 2. The van der Waals surface area contributed by atoms with Crippen molar-refractivity contribution in [3.63, 3.8) is 0 Å². The summed E-state index contributed by atoms with van der Waals surface area (Å²) in [6.07, 6.45) is -4.45. The second-order valence-electron chi connectivity index (χ2n) is 8.81. The Morgan fingerprint density at radius 2 is 1.36 bits per heavy atom. The first-order valence-electron chi connectivity index (χ1n) is 11.7. The number of hydrogen-bond donors (Lipinski definition) is 3. The highest BCUT2D eigenvalue weighted by atomic mass is 35.5. The minimum Gasteiger partial charge on any atom is -0.336 e. The molecule has 2 aromatic carbocycles. The van der Waals surface area contributed by atoms with Gasteiger partial charge in [-0.15, -0.1) is 0 Å². The number of halogens is 4. The van der Waals surface area contributed by atoms with Gasteiger partial charge in [-0.25, -0.2) is 9.59 Å². The first-order chi connectivity index (χ1) is 16.9. The van der Waals surface area contributed by atoms with Crippen molar-refractivity contribution >= 4 is 35.0 Å². The number of anilines is 2. The van der Waals surface area contributed by atoms with Crippen molar-refractivity contribution in [1.82, 2.24) is 15.1 Å². The third-order valence-electron chi connectivity index (χ3n) is 5.47. The van der Waals surface area contributed by atoms with Crippen LogP contribution in [0.1, 0.15) is 33.3 Å². The van der Waals surface area contributed by atoms with Gasteiger partial charge in [-0.1, -0.05) is 11.6 Å². The Kier molecular flexibility index (Phi) is 10.9. The van der Waals surface area contributed by atoms with E-state index < -0.39 is 23.8 Å². The quantitative estimate of drug-likeness (QED) is 0.348. The van der Waals surface area contributed by atoms with Gasteiger partial charge in [-0.3, -0.25) is 4.90 Å². The maximum Gasteiger partial charge on any atom is 0.416 e. The lowest BCUT2D eigenvalue weighted by Gasteiger charge is -2.33. The maximum atomic E-state index is 13.0. The summed E-state index contributed by atoms with van der Waals surface area (Å²) in [7, 11) is 0. The van der Waals surface area contributed by atoms with E-state index in [2.05, 4.69) is 48.5 Å². The fraction of sp³-hybridized carbons (Fsp3) is 0.440. The summed E-state index contributed by atoms with van der Waals surface area (Å²) in [4.78, 5) is 28.9. The van der Waals surface area contributed by atoms with Crippen LogP contribution in [-0.4, -0.2) is 60.1 Å². The molecule has 0 spiro atoms. The van der Waals surface area contributed by atoms with Crippen LogP contribution in [-0.2, 0) is 6.18 Å². The van der Waals surface area contributed by atoms with Crippen LogP contribution in [0.4, 0.5) is 34.1 Å². The molecule has 0 bridgehead atoms. The van der Waals surface area contributed by atoms with Gasteiger partial charge in [0.05, 0.1) is 5.56 Å².